The number of benzene rings is 1. The third-order valence-electron chi connectivity index (χ3n) is 2.97. The molecule has 0 spiro atoms. The topological polar surface area (TPSA) is 81.1 Å². The molecule has 0 fully saturated rings. The molecule has 1 heterocycles. The maximum absolute atomic E-state index is 12.2. The van der Waals surface area contributed by atoms with Crippen molar-refractivity contribution in [2.75, 3.05) is 6.26 Å². The van der Waals surface area contributed by atoms with Crippen LogP contribution in [-0.4, -0.2) is 30.1 Å². The van der Waals surface area contributed by atoms with E-state index in [1.165, 1.54) is 0 Å². The number of fused-ring (bicyclic) bond motifs is 1. The lowest BCUT2D eigenvalue weighted by Gasteiger charge is -2.21. The Bertz CT molecular complexity index is 734. The fourth-order valence-electron chi connectivity index (χ4n) is 2.19. The molecule has 1 unspecified atom stereocenters. The van der Waals surface area contributed by atoms with Crippen molar-refractivity contribution >= 4 is 27.0 Å². The van der Waals surface area contributed by atoms with Crippen molar-refractivity contribution in [3.63, 3.8) is 0 Å². The highest BCUT2D eigenvalue weighted by Crippen LogP contribution is 2.23. The van der Waals surface area contributed by atoms with Crippen LogP contribution in [0.5, 0.6) is 0 Å². The van der Waals surface area contributed by atoms with Crippen LogP contribution in [0.1, 0.15) is 19.9 Å². The molecule has 1 amide bonds. The van der Waals surface area contributed by atoms with Gasteiger partial charge in [-0.1, -0.05) is 26.0 Å². The lowest BCUT2D eigenvalue weighted by Crippen LogP contribution is -2.38. The number of para-hydroxylation sites is 2. The lowest BCUT2D eigenvalue weighted by atomic mass is 10.0. The molecule has 1 aromatic heterocycles. The zero-order chi connectivity index (χ0) is 14.9. The van der Waals surface area contributed by atoms with E-state index in [-0.39, 0.29) is 5.92 Å². The summed E-state index contributed by atoms with van der Waals surface area (Å²) in [6, 6.07) is 6.79. The molecular weight excluding hydrogens is 278 g/mol. The molecule has 7 heteroatoms. The van der Waals surface area contributed by atoms with Crippen molar-refractivity contribution in [2.45, 2.75) is 19.9 Å². The van der Waals surface area contributed by atoms with Gasteiger partial charge in [-0.2, -0.15) is 0 Å². The Morgan fingerprint density at radius 1 is 1.30 bits per heavy atom. The number of hydrogen-bond donors (Lipinski definition) is 1. The summed E-state index contributed by atoms with van der Waals surface area (Å²) >= 11 is 0. The van der Waals surface area contributed by atoms with E-state index in [0.29, 0.717) is 0 Å². The van der Waals surface area contributed by atoms with Crippen LogP contribution in [0.2, 0.25) is 0 Å². The van der Waals surface area contributed by atoms with Gasteiger partial charge >= 0.3 is 0 Å². The van der Waals surface area contributed by atoms with Crippen LogP contribution in [0.15, 0.2) is 30.6 Å². The van der Waals surface area contributed by atoms with Gasteiger partial charge in [-0.3, -0.25) is 9.52 Å². The summed E-state index contributed by atoms with van der Waals surface area (Å²) in [5.41, 5.74) is 1.57. The molecule has 20 heavy (non-hydrogen) atoms. The summed E-state index contributed by atoms with van der Waals surface area (Å²) in [7, 11) is -3.58. The normalized spacial score (nSPS) is 13.6. The van der Waals surface area contributed by atoms with Crippen molar-refractivity contribution in [3.8, 4) is 0 Å². The zero-order valence-electron chi connectivity index (χ0n) is 11.6. The van der Waals surface area contributed by atoms with Gasteiger partial charge in [0.25, 0.3) is 5.91 Å². The largest absolute Gasteiger partial charge is 0.318 e. The average molecular weight is 295 g/mol. The van der Waals surface area contributed by atoms with Gasteiger partial charge in [-0.05, 0) is 18.1 Å². The van der Waals surface area contributed by atoms with Crippen LogP contribution in [0, 0.1) is 5.92 Å². The predicted molar refractivity (Wildman–Crippen MR) is 76.6 cm³/mol. The number of nitrogens with one attached hydrogen (secondary N) is 1. The fourth-order valence-corrected chi connectivity index (χ4v) is 2.68. The van der Waals surface area contributed by atoms with E-state index < -0.39 is 22.0 Å². The predicted octanol–water partition coefficient (Wildman–Crippen LogP) is 1.31. The first-order valence-electron chi connectivity index (χ1n) is 6.23. The van der Waals surface area contributed by atoms with Crippen molar-refractivity contribution in [1.29, 1.82) is 0 Å². The molecule has 0 saturated carbocycles. The van der Waals surface area contributed by atoms with Crippen LogP contribution in [-0.2, 0) is 14.8 Å². The molecule has 0 saturated heterocycles. The Hall–Kier alpha value is -1.89. The van der Waals surface area contributed by atoms with Crippen LogP contribution in [0.3, 0.4) is 0 Å². The van der Waals surface area contributed by atoms with Crippen molar-refractivity contribution in [3.05, 3.63) is 30.6 Å². The van der Waals surface area contributed by atoms with Gasteiger partial charge in [0.2, 0.25) is 10.0 Å². The zero-order valence-corrected chi connectivity index (χ0v) is 12.4. The Morgan fingerprint density at radius 2 is 1.95 bits per heavy atom. The highest BCUT2D eigenvalue weighted by atomic mass is 32.2. The van der Waals surface area contributed by atoms with Crippen molar-refractivity contribution < 1.29 is 13.2 Å². The smallest absolute Gasteiger partial charge is 0.256 e. The second kappa shape index (κ2) is 5.24. The molecule has 0 aliphatic carbocycles. The van der Waals surface area contributed by atoms with Crippen molar-refractivity contribution in [1.82, 2.24) is 14.3 Å². The second-order valence-corrected chi connectivity index (χ2v) is 6.82. The van der Waals surface area contributed by atoms with E-state index in [2.05, 4.69) is 4.98 Å². The molecule has 0 aliphatic rings. The van der Waals surface area contributed by atoms with Crippen molar-refractivity contribution in [2.24, 2.45) is 5.92 Å². The number of carbonyl (C=O) groups is 1. The molecule has 2 rings (SSSR count). The molecule has 0 radical (unpaired) electrons. The first-order valence-corrected chi connectivity index (χ1v) is 8.12. The number of nitrogens with zero attached hydrogens (tertiary/aromatic N) is 2. The van der Waals surface area contributed by atoms with E-state index in [4.69, 9.17) is 0 Å². The van der Waals surface area contributed by atoms with Crippen LogP contribution in [0.25, 0.3) is 11.0 Å². The van der Waals surface area contributed by atoms with Gasteiger partial charge in [0.05, 0.1) is 23.6 Å². The van der Waals surface area contributed by atoms with E-state index >= 15 is 0 Å². The van der Waals surface area contributed by atoms with E-state index in [1.807, 2.05) is 42.8 Å². The molecular formula is C13H17N3O3S. The number of imidazole rings is 1. The highest BCUT2D eigenvalue weighted by Gasteiger charge is 2.27. The molecule has 108 valence electrons. The van der Waals surface area contributed by atoms with Gasteiger partial charge in [0.15, 0.2) is 0 Å². The number of amides is 1. The van der Waals surface area contributed by atoms with Crippen LogP contribution in [0.4, 0.5) is 0 Å². The summed E-state index contributed by atoms with van der Waals surface area (Å²) in [5.74, 6) is -0.625. The first-order chi connectivity index (χ1) is 9.29. The maximum Gasteiger partial charge on any atom is 0.256 e. The van der Waals surface area contributed by atoms with Gasteiger partial charge in [0.1, 0.15) is 6.04 Å². The molecule has 0 bridgehead atoms. The quantitative estimate of drug-likeness (QED) is 0.922. The Balaban J connectivity index is 2.46. The van der Waals surface area contributed by atoms with Gasteiger partial charge in [-0.15, -0.1) is 0 Å². The third kappa shape index (κ3) is 2.98. The summed E-state index contributed by atoms with van der Waals surface area (Å²) in [5, 5.41) is 0. The number of aromatic nitrogens is 2. The molecule has 2 aromatic rings. The number of hydrogen-bond acceptors (Lipinski definition) is 4. The maximum atomic E-state index is 12.2. The number of rotatable bonds is 4. The molecule has 1 N–H and O–H groups in total. The number of sulfonamides is 1. The van der Waals surface area contributed by atoms with E-state index in [0.717, 1.165) is 17.3 Å². The Morgan fingerprint density at radius 3 is 2.55 bits per heavy atom. The SMILES string of the molecule is CC(C)C(C(=O)NS(C)(=O)=O)n1cnc2ccccc21. The third-order valence-corrected chi connectivity index (χ3v) is 3.54. The minimum absolute atomic E-state index is 0.0747. The van der Waals surface area contributed by atoms with E-state index in [9.17, 15) is 13.2 Å². The van der Waals surface area contributed by atoms with Gasteiger partial charge < -0.3 is 4.57 Å². The first kappa shape index (κ1) is 14.5. The average Bonchev–Trinajstić information content (AvgIpc) is 2.71. The minimum Gasteiger partial charge on any atom is -0.318 e. The summed E-state index contributed by atoms with van der Waals surface area (Å²) in [4.78, 5) is 16.4. The second-order valence-electron chi connectivity index (χ2n) is 5.07. The van der Waals surface area contributed by atoms with Crippen LogP contribution >= 0.6 is 0 Å². The summed E-state index contributed by atoms with van der Waals surface area (Å²) in [6.07, 6.45) is 2.53. The van der Waals surface area contributed by atoms with Crippen LogP contribution < -0.4 is 4.72 Å². The Labute approximate surface area is 117 Å². The standard InChI is InChI=1S/C13H17N3O3S/c1-9(2)12(13(17)15-20(3,18)19)16-8-14-10-6-4-5-7-11(10)16/h4-9,12H,1-3H3,(H,15,17). The molecule has 1 atom stereocenters. The molecule has 0 aliphatic heterocycles. The fraction of sp³-hybridized carbons (Fsp3) is 0.385. The lowest BCUT2D eigenvalue weighted by molar-refractivity contribution is -0.123. The van der Waals surface area contributed by atoms with Gasteiger partial charge in [-0.25, -0.2) is 13.4 Å². The molecule has 6 nitrogen and oxygen atoms in total. The van der Waals surface area contributed by atoms with Gasteiger partial charge in [0, 0.05) is 0 Å². The molecule has 1 aromatic carbocycles. The van der Waals surface area contributed by atoms with E-state index in [1.54, 1.807) is 10.9 Å². The number of carbonyl (C=O) groups excluding carboxylic acids is 1. The summed E-state index contributed by atoms with van der Waals surface area (Å²) in [6.45, 7) is 3.72. The summed E-state index contributed by atoms with van der Waals surface area (Å²) < 4.78 is 26.2. The minimum atomic E-state index is -3.58. The highest BCUT2D eigenvalue weighted by molar-refractivity contribution is 7.89. The Kier molecular flexibility index (Phi) is 3.80. The monoisotopic (exact) mass is 295 g/mol.